The molecule has 3 rings (SSSR count). The molecule has 2 aromatic carbocycles. The summed E-state index contributed by atoms with van der Waals surface area (Å²) in [6.07, 6.45) is 0. The Bertz CT molecular complexity index is 697. The molecule has 0 saturated heterocycles. The number of carbonyl (C=O) groups is 2. The molecule has 22 heavy (non-hydrogen) atoms. The third-order valence-electron chi connectivity index (χ3n) is 3.55. The van der Waals surface area contributed by atoms with Crippen molar-refractivity contribution in [3.8, 4) is 0 Å². The molecule has 0 bridgehead atoms. The molecule has 0 aliphatic carbocycles. The summed E-state index contributed by atoms with van der Waals surface area (Å²) in [6.45, 7) is 0.446. The summed E-state index contributed by atoms with van der Waals surface area (Å²) >= 11 is 5.24. The standard InChI is InChI=1S/C17H14BrNO2S/c18-15-8-4-1-5-12(15)11-22-10-9-19-16(20)13-6-2-3-7-14(13)17(19)21/h1-8H,9-11H2. The molecular weight excluding hydrogens is 362 g/mol. The molecule has 0 N–H and O–H groups in total. The smallest absolute Gasteiger partial charge is 0.261 e. The molecule has 0 atom stereocenters. The van der Waals surface area contributed by atoms with E-state index < -0.39 is 0 Å². The second kappa shape index (κ2) is 6.67. The summed E-state index contributed by atoms with van der Waals surface area (Å²) in [5.41, 5.74) is 2.25. The van der Waals surface area contributed by atoms with Crippen LogP contribution in [0.3, 0.4) is 0 Å². The Morgan fingerprint density at radius 2 is 1.50 bits per heavy atom. The van der Waals surface area contributed by atoms with Crippen molar-refractivity contribution < 1.29 is 9.59 Å². The highest BCUT2D eigenvalue weighted by Gasteiger charge is 2.34. The van der Waals surface area contributed by atoms with E-state index in [4.69, 9.17) is 0 Å². The van der Waals surface area contributed by atoms with Crippen molar-refractivity contribution in [2.45, 2.75) is 5.75 Å². The lowest BCUT2D eigenvalue weighted by Gasteiger charge is -2.13. The maximum absolute atomic E-state index is 12.2. The van der Waals surface area contributed by atoms with E-state index in [0.717, 1.165) is 16.0 Å². The van der Waals surface area contributed by atoms with Gasteiger partial charge in [0.15, 0.2) is 0 Å². The van der Waals surface area contributed by atoms with Crippen LogP contribution in [0.4, 0.5) is 0 Å². The predicted octanol–water partition coefficient (Wildman–Crippen LogP) is 3.98. The number of amides is 2. The van der Waals surface area contributed by atoms with Crippen molar-refractivity contribution in [2.24, 2.45) is 0 Å². The third kappa shape index (κ3) is 2.96. The number of thioether (sulfide) groups is 1. The molecule has 2 aromatic rings. The Hall–Kier alpha value is -1.59. The van der Waals surface area contributed by atoms with Gasteiger partial charge in [-0.1, -0.05) is 46.3 Å². The van der Waals surface area contributed by atoms with Gasteiger partial charge in [-0.25, -0.2) is 0 Å². The van der Waals surface area contributed by atoms with Gasteiger partial charge in [-0.05, 0) is 23.8 Å². The highest BCUT2D eigenvalue weighted by Crippen LogP contribution is 2.24. The van der Waals surface area contributed by atoms with E-state index >= 15 is 0 Å². The fourth-order valence-corrected chi connectivity index (χ4v) is 3.93. The van der Waals surface area contributed by atoms with Gasteiger partial charge in [0.25, 0.3) is 11.8 Å². The van der Waals surface area contributed by atoms with Crippen LogP contribution in [0, 0.1) is 0 Å². The van der Waals surface area contributed by atoms with Crippen molar-refractivity contribution in [1.29, 1.82) is 0 Å². The van der Waals surface area contributed by atoms with Crippen LogP contribution in [-0.2, 0) is 5.75 Å². The van der Waals surface area contributed by atoms with Crippen LogP contribution >= 0.6 is 27.7 Å². The summed E-state index contributed by atoms with van der Waals surface area (Å²) in [4.78, 5) is 25.8. The van der Waals surface area contributed by atoms with Gasteiger partial charge in [0.05, 0.1) is 11.1 Å². The van der Waals surface area contributed by atoms with Gasteiger partial charge in [-0.3, -0.25) is 14.5 Å². The van der Waals surface area contributed by atoms with Crippen molar-refractivity contribution in [3.63, 3.8) is 0 Å². The highest BCUT2D eigenvalue weighted by molar-refractivity contribution is 9.10. The zero-order valence-corrected chi connectivity index (χ0v) is 14.2. The van der Waals surface area contributed by atoms with Crippen LogP contribution in [-0.4, -0.2) is 29.0 Å². The van der Waals surface area contributed by atoms with E-state index in [2.05, 4.69) is 22.0 Å². The Labute approximate surface area is 141 Å². The zero-order chi connectivity index (χ0) is 15.5. The van der Waals surface area contributed by atoms with Crippen molar-refractivity contribution in [1.82, 2.24) is 4.90 Å². The number of halogens is 1. The molecule has 0 saturated carbocycles. The van der Waals surface area contributed by atoms with E-state index in [0.29, 0.717) is 17.7 Å². The molecule has 0 unspecified atom stereocenters. The summed E-state index contributed by atoms with van der Waals surface area (Å²) in [5, 5.41) is 0. The lowest BCUT2D eigenvalue weighted by atomic mass is 10.1. The minimum atomic E-state index is -0.179. The van der Waals surface area contributed by atoms with Gasteiger partial charge in [-0.2, -0.15) is 11.8 Å². The van der Waals surface area contributed by atoms with Gasteiger partial charge < -0.3 is 0 Å². The molecule has 0 spiro atoms. The van der Waals surface area contributed by atoms with Crippen molar-refractivity contribution in [2.75, 3.05) is 12.3 Å². The fraction of sp³-hybridized carbons (Fsp3) is 0.176. The van der Waals surface area contributed by atoms with Crippen LogP contribution in [0.1, 0.15) is 26.3 Å². The number of hydrogen-bond acceptors (Lipinski definition) is 3. The highest BCUT2D eigenvalue weighted by atomic mass is 79.9. The molecule has 1 aliphatic rings. The molecule has 1 aliphatic heterocycles. The number of nitrogens with zero attached hydrogens (tertiary/aromatic N) is 1. The maximum atomic E-state index is 12.2. The normalized spacial score (nSPS) is 13.6. The number of imide groups is 1. The number of hydrogen-bond donors (Lipinski definition) is 0. The number of benzene rings is 2. The van der Waals surface area contributed by atoms with Gasteiger partial charge in [-0.15, -0.1) is 0 Å². The number of rotatable bonds is 5. The lowest BCUT2D eigenvalue weighted by molar-refractivity contribution is 0.0664. The first-order valence-electron chi connectivity index (χ1n) is 6.95. The molecule has 1 heterocycles. The Morgan fingerprint density at radius 3 is 2.14 bits per heavy atom. The Balaban J connectivity index is 1.56. The van der Waals surface area contributed by atoms with E-state index in [9.17, 15) is 9.59 Å². The average Bonchev–Trinajstić information content (AvgIpc) is 2.78. The summed E-state index contributed by atoms with van der Waals surface area (Å²) in [7, 11) is 0. The molecule has 5 heteroatoms. The van der Waals surface area contributed by atoms with Gasteiger partial charge in [0, 0.05) is 22.5 Å². The molecule has 0 fully saturated rings. The molecule has 0 aromatic heterocycles. The minimum absolute atomic E-state index is 0.179. The molecule has 2 amide bonds. The summed E-state index contributed by atoms with van der Waals surface area (Å²) in [5.74, 6) is 1.22. The average molecular weight is 376 g/mol. The Morgan fingerprint density at radius 1 is 0.909 bits per heavy atom. The molecule has 0 radical (unpaired) electrons. The Kier molecular flexibility index (Phi) is 4.64. The van der Waals surface area contributed by atoms with E-state index in [1.165, 1.54) is 10.5 Å². The monoisotopic (exact) mass is 375 g/mol. The SMILES string of the molecule is O=C1c2ccccc2C(=O)N1CCSCc1ccccc1Br. The van der Waals surface area contributed by atoms with Crippen LogP contribution in [0.2, 0.25) is 0 Å². The zero-order valence-electron chi connectivity index (χ0n) is 11.8. The van der Waals surface area contributed by atoms with Crippen LogP contribution in [0.25, 0.3) is 0 Å². The maximum Gasteiger partial charge on any atom is 0.261 e. The minimum Gasteiger partial charge on any atom is -0.274 e. The summed E-state index contributed by atoms with van der Waals surface area (Å²) in [6, 6.07) is 15.1. The second-order valence-electron chi connectivity index (χ2n) is 4.95. The topological polar surface area (TPSA) is 37.4 Å². The van der Waals surface area contributed by atoms with E-state index in [-0.39, 0.29) is 11.8 Å². The first-order valence-corrected chi connectivity index (χ1v) is 8.89. The van der Waals surface area contributed by atoms with Crippen LogP contribution < -0.4 is 0 Å². The number of carbonyl (C=O) groups excluding carboxylic acids is 2. The first-order chi connectivity index (χ1) is 10.7. The predicted molar refractivity (Wildman–Crippen MR) is 92.1 cm³/mol. The van der Waals surface area contributed by atoms with Gasteiger partial charge in [0.1, 0.15) is 0 Å². The largest absolute Gasteiger partial charge is 0.274 e. The first kappa shape index (κ1) is 15.3. The summed E-state index contributed by atoms with van der Waals surface area (Å²) < 4.78 is 1.09. The second-order valence-corrected chi connectivity index (χ2v) is 6.91. The molecular formula is C17H14BrNO2S. The third-order valence-corrected chi connectivity index (χ3v) is 5.31. The molecule has 112 valence electrons. The molecule has 3 nitrogen and oxygen atoms in total. The van der Waals surface area contributed by atoms with E-state index in [1.807, 2.05) is 18.2 Å². The van der Waals surface area contributed by atoms with Crippen LogP contribution in [0.15, 0.2) is 53.0 Å². The van der Waals surface area contributed by atoms with Gasteiger partial charge >= 0.3 is 0 Å². The van der Waals surface area contributed by atoms with Gasteiger partial charge in [0.2, 0.25) is 0 Å². The van der Waals surface area contributed by atoms with Crippen LogP contribution in [0.5, 0.6) is 0 Å². The lowest BCUT2D eigenvalue weighted by Crippen LogP contribution is -2.31. The quantitative estimate of drug-likeness (QED) is 0.585. The van der Waals surface area contributed by atoms with Crippen molar-refractivity contribution in [3.05, 3.63) is 69.7 Å². The fourth-order valence-electron chi connectivity index (χ4n) is 2.40. The van der Waals surface area contributed by atoms with Crippen molar-refractivity contribution >= 4 is 39.5 Å². The van der Waals surface area contributed by atoms with E-state index in [1.54, 1.807) is 36.0 Å². The number of fused-ring (bicyclic) bond motifs is 1.